The number of hydrogen-bond donors (Lipinski definition) is 2. The van der Waals surface area contributed by atoms with Crippen LogP contribution in [0, 0.1) is 11.7 Å². The minimum Gasteiger partial charge on any atom is -0.338 e. The van der Waals surface area contributed by atoms with Crippen LogP contribution in [-0.4, -0.2) is 40.8 Å². The second-order valence-corrected chi connectivity index (χ2v) is 7.72. The molecule has 2 heterocycles. The molecule has 1 aliphatic heterocycles. The first-order valence-corrected chi connectivity index (χ1v) is 9.85. The summed E-state index contributed by atoms with van der Waals surface area (Å²) in [6, 6.07) is 5.83. The van der Waals surface area contributed by atoms with Crippen molar-refractivity contribution >= 4 is 28.3 Å². The number of thiazole rings is 1. The lowest BCUT2D eigenvalue weighted by Crippen LogP contribution is -2.49. The second kappa shape index (κ2) is 8.58. The van der Waals surface area contributed by atoms with E-state index in [4.69, 9.17) is 5.73 Å². The SMILES string of the molecule is CC1CCN(C(=O)Cc2csc(NC(=O)c3ccccc3F)n2)C(CN)C1. The third kappa shape index (κ3) is 4.70. The molecule has 27 heavy (non-hydrogen) atoms. The van der Waals surface area contributed by atoms with E-state index in [1.165, 1.54) is 29.5 Å². The number of piperidine rings is 1. The van der Waals surface area contributed by atoms with E-state index >= 15 is 0 Å². The molecule has 2 atom stereocenters. The monoisotopic (exact) mass is 390 g/mol. The third-order valence-corrected chi connectivity index (χ3v) is 5.60. The Balaban J connectivity index is 1.61. The van der Waals surface area contributed by atoms with Crippen LogP contribution < -0.4 is 11.1 Å². The predicted octanol–water partition coefficient (Wildman–Crippen LogP) is 2.66. The molecule has 0 saturated carbocycles. The lowest BCUT2D eigenvalue weighted by molar-refractivity contribution is -0.134. The van der Waals surface area contributed by atoms with Crippen molar-refractivity contribution in [3.05, 3.63) is 46.7 Å². The minimum atomic E-state index is -0.589. The number of hydrogen-bond acceptors (Lipinski definition) is 5. The average Bonchev–Trinajstić information content (AvgIpc) is 3.08. The Morgan fingerprint density at radius 1 is 1.41 bits per heavy atom. The molecule has 0 bridgehead atoms. The van der Waals surface area contributed by atoms with E-state index in [0.717, 1.165) is 12.8 Å². The van der Waals surface area contributed by atoms with Crippen LogP contribution in [0.3, 0.4) is 0 Å². The van der Waals surface area contributed by atoms with Gasteiger partial charge in [-0.15, -0.1) is 11.3 Å². The molecular formula is C19H23FN4O2S. The number of benzene rings is 1. The molecule has 1 fully saturated rings. The van der Waals surface area contributed by atoms with Crippen molar-refractivity contribution in [2.45, 2.75) is 32.2 Å². The first kappa shape index (κ1) is 19.4. The molecule has 144 valence electrons. The standard InChI is InChI=1S/C19H23FN4O2S/c1-12-6-7-24(14(8-12)10-21)17(25)9-13-11-27-19(22-13)23-18(26)15-4-2-3-5-16(15)20/h2-5,11-12,14H,6-10,21H2,1H3,(H,22,23,26). The summed E-state index contributed by atoms with van der Waals surface area (Å²) in [7, 11) is 0. The molecule has 3 N–H and O–H groups in total. The number of carbonyl (C=O) groups excluding carboxylic acids is 2. The van der Waals surface area contributed by atoms with Crippen molar-refractivity contribution in [1.82, 2.24) is 9.88 Å². The van der Waals surface area contributed by atoms with E-state index in [2.05, 4.69) is 17.2 Å². The van der Waals surface area contributed by atoms with Crippen molar-refractivity contribution in [3.63, 3.8) is 0 Å². The topological polar surface area (TPSA) is 88.3 Å². The maximum absolute atomic E-state index is 13.7. The van der Waals surface area contributed by atoms with Gasteiger partial charge in [-0.25, -0.2) is 9.37 Å². The summed E-state index contributed by atoms with van der Waals surface area (Å²) in [6.45, 7) is 3.34. The smallest absolute Gasteiger partial charge is 0.260 e. The van der Waals surface area contributed by atoms with Gasteiger partial charge in [0.25, 0.3) is 5.91 Å². The highest BCUT2D eigenvalue weighted by atomic mass is 32.1. The van der Waals surface area contributed by atoms with Crippen LogP contribution in [0.15, 0.2) is 29.6 Å². The fourth-order valence-corrected chi connectivity index (χ4v) is 4.02. The summed E-state index contributed by atoms with van der Waals surface area (Å²) in [6.07, 6.45) is 2.06. The van der Waals surface area contributed by atoms with Gasteiger partial charge in [0.15, 0.2) is 5.13 Å². The zero-order valence-electron chi connectivity index (χ0n) is 15.2. The number of nitrogens with zero attached hydrogens (tertiary/aromatic N) is 2. The second-order valence-electron chi connectivity index (χ2n) is 6.86. The molecule has 6 nitrogen and oxygen atoms in total. The molecule has 8 heteroatoms. The fourth-order valence-electron chi connectivity index (χ4n) is 3.32. The van der Waals surface area contributed by atoms with Crippen LogP contribution in [0.2, 0.25) is 0 Å². The number of nitrogens with two attached hydrogens (primary N) is 1. The number of halogens is 1. The number of carbonyl (C=O) groups is 2. The Labute approximate surface area is 161 Å². The molecule has 1 aromatic carbocycles. The van der Waals surface area contributed by atoms with Crippen molar-refractivity contribution in [2.75, 3.05) is 18.4 Å². The van der Waals surface area contributed by atoms with Crippen molar-refractivity contribution < 1.29 is 14.0 Å². The minimum absolute atomic E-state index is 0.00497. The summed E-state index contributed by atoms with van der Waals surface area (Å²) in [5, 5.41) is 4.66. The van der Waals surface area contributed by atoms with Gasteiger partial charge in [0.2, 0.25) is 5.91 Å². The Morgan fingerprint density at radius 3 is 2.93 bits per heavy atom. The van der Waals surface area contributed by atoms with Crippen molar-refractivity contribution in [1.29, 1.82) is 0 Å². The summed E-state index contributed by atoms with van der Waals surface area (Å²) < 4.78 is 13.7. The molecule has 1 aromatic heterocycles. The molecule has 0 aliphatic carbocycles. The fraction of sp³-hybridized carbons (Fsp3) is 0.421. The number of likely N-dealkylation sites (tertiary alicyclic amines) is 1. The Kier molecular flexibility index (Phi) is 6.18. The molecular weight excluding hydrogens is 367 g/mol. The number of amides is 2. The van der Waals surface area contributed by atoms with Crippen LogP contribution >= 0.6 is 11.3 Å². The van der Waals surface area contributed by atoms with E-state index in [9.17, 15) is 14.0 Å². The molecule has 3 rings (SSSR count). The summed E-state index contributed by atoms with van der Waals surface area (Å²) in [4.78, 5) is 30.9. The molecule has 0 radical (unpaired) electrons. The zero-order valence-corrected chi connectivity index (χ0v) is 16.0. The number of nitrogens with one attached hydrogen (secondary N) is 1. The lowest BCUT2D eigenvalue weighted by atomic mass is 9.92. The summed E-state index contributed by atoms with van der Waals surface area (Å²) in [5.74, 6) is -0.584. The molecule has 1 saturated heterocycles. The number of anilines is 1. The maximum Gasteiger partial charge on any atom is 0.260 e. The molecule has 2 unspecified atom stereocenters. The highest BCUT2D eigenvalue weighted by molar-refractivity contribution is 7.14. The van der Waals surface area contributed by atoms with Crippen LogP contribution in [-0.2, 0) is 11.2 Å². The maximum atomic E-state index is 13.7. The quantitative estimate of drug-likeness (QED) is 0.822. The van der Waals surface area contributed by atoms with Gasteiger partial charge in [-0.1, -0.05) is 19.1 Å². The van der Waals surface area contributed by atoms with Gasteiger partial charge >= 0.3 is 0 Å². The normalized spacial score (nSPS) is 19.7. The molecule has 1 aliphatic rings. The zero-order chi connectivity index (χ0) is 19.4. The van der Waals surface area contributed by atoms with Crippen LogP contribution in [0.1, 0.15) is 35.8 Å². The van der Waals surface area contributed by atoms with Crippen LogP contribution in [0.4, 0.5) is 9.52 Å². The van der Waals surface area contributed by atoms with Crippen LogP contribution in [0.25, 0.3) is 0 Å². The Hall–Kier alpha value is -2.32. The average molecular weight is 390 g/mol. The first-order valence-electron chi connectivity index (χ1n) is 8.97. The van der Waals surface area contributed by atoms with E-state index in [0.29, 0.717) is 29.8 Å². The van der Waals surface area contributed by atoms with Gasteiger partial charge in [0.05, 0.1) is 17.7 Å². The van der Waals surface area contributed by atoms with Crippen LogP contribution in [0.5, 0.6) is 0 Å². The highest BCUT2D eigenvalue weighted by Crippen LogP contribution is 2.24. The molecule has 2 amide bonds. The van der Waals surface area contributed by atoms with E-state index in [1.54, 1.807) is 11.4 Å². The highest BCUT2D eigenvalue weighted by Gasteiger charge is 2.29. The largest absolute Gasteiger partial charge is 0.338 e. The van der Waals surface area contributed by atoms with E-state index < -0.39 is 11.7 Å². The molecule has 0 spiro atoms. The van der Waals surface area contributed by atoms with Crippen molar-refractivity contribution in [3.8, 4) is 0 Å². The number of aromatic nitrogens is 1. The Morgan fingerprint density at radius 2 is 2.19 bits per heavy atom. The van der Waals surface area contributed by atoms with E-state index in [1.807, 2.05) is 4.90 Å². The van der Waals surface area contributed by atoms with Gasteiger partial charge in [0, 0.05) is 24.5 Å². The predicted molar refractivity (Wildman–Crippen MR) is 103 cm³/mol. The lowest BCUT2D eigenvalue weighted by Gasteiger charge is -2.38. The Bertz CT molecular complexity index is 826. The number of rotatable bonds is 5. The van der Waals surface area contributed by atoms with Gasteiger partial charge in [0.1, 0.15) is 5.82 Å². The van der Waals surface area contributed by atoms with Gasteiger partial charge in [-0.3, -0.25) is 14.9 Å². The first-order chi connectivity index (χ1) is 13.0. The van der Waals surface area contributed by atoms with Gasteiger partial charge in [-0.2, -0.15) is 0 Å². The summed E-state index contributed by atoms with van der Waals surface area (Å²) >= 11 is 1.21. The van der Waals surface area contributed by atoms with E-state index in [-0.39, 0.29) is 23.9 Å². The molecule has 2 aromatic rings. The van der Waals surface area contributed by atoms with Gasteiger partial charge < -0.3 is 10.6 Å². The third-order valence-electron chi connectivity index (χ3n) is 4.79. The van der Waals surface area contributed by atoms with Crippen molar-refractivity contribution in [2.24, 2.45) is 11.7 Å². The summed E-state index contributed by atoms with van der Waals surface area (Å²) in [5.41, 5.74) is 6.37. The van der Waals surface area contributed by atoms with Gasteiger partial charge in [-0.05, 0) is 30.9 Å².